The fraction of sp³-hybridized carbons (Fsp3) is 0.571. The Morgan fingerprint density at radius 3 is 2.52 bits per heavy atom. The van der Waals surface area contributed by atoms with Crippen LogP contribution in [0.15, 0.2) is 12.2 Å². The SMILES string of the molecule is CC(C)(C)[C@H]1CCc2c(sc(NC(=O)[C@H]3CC=CC[C@@H]3C(=O)[O-])c2C#N)C1. The van der Waals surface area contributed by atoms with Crippen molar-refractivity contribution in [2.24, 2.45) is 23.2 Å². The van der Waals surface area contributed by atoms with Crippen molar-refractivity contribution in [3.8, 4) is 6.07 Å². The Kier molecular flexibility index (Phi) is 5.43. The number of carboxylic acids is 1. The second kappa shape index (κ2) is 7.47. The number of allylic oxidation sites excluding steroid dienone is 2. The van der Waals surface area contributed by atoms with Crippen molar-refractivity contribution in [3.63, 3.8) is 0 Å². The first-order valence-corrected chi connectivity index (χ1v) is 10.3. The van der Waals surface area contributed by atoms with Crippen molar-refractivity contribution in [2.45, 2.75) is 52.9 Å². The molecule has 1 aromatic heterocycles. The summed E-state index contributed by atoms with van der Waals surface area (Å²) in [6, 6.07) is 2.25. The maximum atomic E-state index is 12.7. The second-order valence-electron chi connectivity index (χ2n) is 8.59. The summed E-state index contributed by atoms with van der Waals surface area (Å²) in [6.45, 7) is 6.71. The van der Waals surface area contributed by atoms with E-state index in [1.165, 1.54) is 16.2 Å². The molecular formula is C21H25N2O3S-. The van der Waals surface area contributed by atoms with E-state index >= 15 is 0 Å². The summed E-state index contributed by atoms with van der Waals surface area (Å²) in [5, 5.41) is 24.4. The average Bonchev–Trinajstić information content (AvgIpc) is 2.96. The zero-order chi connectivity index (χ0) is 19.8. The Balaban J connectivity index is 1.83. The number of carbonyl (C=O) groups is 2. The van der Waals surface area contributed by atoms with Crippen LogP contribution < -0.4 is 10.4 Å². The van der Waals surface area contributed by atoms with E-state index in [1.807, 2.05) is 6.08 Å². The average molecular weight is 386 g/mol. The van der Waals surface area contributed by atoms with Gasteiger partial charge in [-0.2, -0.15) is 5.26 Å². The number of nitrogens with zero attached hydrogens (tertiary/aromatic N) is 1. The topological polar surface area (TPSA) is 93.0 Å². The molecule has 1 amide bonds. The summed E-state index contributed by atoms with van der Waals surface area (Å²) in [6.07, 6.45) is 7.10. The molecule has 1 heterocycles. The summed E-state index contributed by atoms with van der Waals surface area (Å²) in [5.41, 5.74) is 1.80. The van der Waals surface area contributed by atoms with E-state index in [9.17, 15) is 20.0 Å². The van der Waals surface area contributed by atoms with Gasteiger partial charge in [-0.3, -0.25) is 4.79 Å². The molecular weight excluding hydrogens is 360 g/mol. The zero-order valence-electron chi connectivity index (χ0n) is 16.0. The van der Waals surface area contributed by atoms with Crippen molar-refractivity contribution >= 4 is 28.2 Å². The first kappa shape index (κ1) is 19.6. The Morgan fingerprint density at radius 2 is 1.93 bits per heavy atom. The van der Waals surface area contributed by atoms with Gasteiger partial charge in [0, 0.05) is 16.8 Å². The number of hydrogen-bond acceptors (Lipinski definition) is 5. The third-order valence-corrected chi connectivity index (χ3v) is 7.08. The lowest BCUT2D eigenvalue weighted by Gasteiger charge is -2.33. The molecule has 144 valence electrons. The maximum absolute atomic E-state index is 12.7. The molecule has 3 atom stereocenters. The van der Waals surface area contributed by atoms with Gasteiger partial charge in [-0.1, -0.05) is 32.9 Å². The van der Waals surface area contributed by atoms with Crippen LogP contribution in [0.4, 0.5) is 5.00 Å². The number of carboxylic acid groups (broad SMARTS) is 1. The molecule has 0 saturated heterocycles. The zero-order valence-corrected chi connectivity index (χ0v) is 16.8. The molecule has 6 heteroatoms. The summed E-state index contributed by atoms with van der Waals surface area (Å²) in [4.78, 5) is 25.3. The summed E-state index contributed by atoms with van der Waals surface area (Å²) < 4.78 is 0. The van der Waals surface area contributed by atoms with Gasteiger partial charge in [-0.25, -0.2) is 0 Å². The number of fused-ring (bicyclic) bond motifs is 1. The molecule has 5 nitrogen and oxygen atoms in total. The van der Waals surface area contributed by atoms with Crippen LogP contribution in [0.25, 0.3) is 0 Å². The van der Waals surface area contributed by atoms with Gasteiger partial charge in [0.2, 0.25) is 5.91 Å². The van der Waals surface area contributed by atoms with Gasteiger partial charge in [0.1, 0.15) is 11.1 Å². The predicted octanol–water partition coefficient (Wildman–Crippen LogP) is 3.04. The van der Waals surface area contributed by atoms with Crippen molar-refractivity contribution < 1.29 is 14.7 Å². The molecule has 0 unspecified atom stereocenters. The normalized spacial score (nSPS) is 24.7. The van der Waals surface area contributed by atoms with E-state index in [2.05, 4.69) is 32.2 Å². The van der Waals surface area contributed by atoms with E-state index in [0.29, 0.717) is 29.3 Å². The molecule has 2 aliphatic rings. The van der Waals surface area contributed by atoms with Gasteiger partial charge < -0.3 is 15.2 Å². The van der Waals surface area contributed by atoms with E-state index < -0.39 is 17.8 Å². The van der Waals surface area contributed by atoms with E-state index in [-0.39, 0.29) is 11.3 Å². The minimum Gasteiger partial charge on any atom is -0.550 e. The molecule has 0 aromatic carbocycles. The number of anilines is 1. The van der Waals surface area contributed by atoms with Gasteiger partial charge in [-0.15, -0.1) is 11.3 Å². The molecule has 0 spiro atoms. The van der Waals surface area contributed by atoms with Crippen LogP contribution in [-0.4, -0.2) is 11.9 Å². The van der Waals surface area contributed by atoms with Crippen LogP contribution in [-0.2, 0) is 22.4 Å². The Labute approximate surface area is 164 Å². The van der Waals surface area contributed by atoms with Crippen molar-refractivity contribution in [1.29, 1.82) is 5.26 Å². The van der Waals surface area contributed by atoms with Gasteiger partial charge in [0.25, 0.3) is 0 Å². The van der Waals surface area contributed by atoms with Crippen LogP contribution >= 0.6 is 11.3 Å². The van der Waals surface area contributed by atoms with E-state index in [4.69, 9.17) is 0 Å². The Bertz CT molecular complexity index is 826. The molecule has 0 radical (unpaired) electrons. The first-order chi connectivity index (χ1) is 12.7. The molecule has 0 saturated carbocycles. The fourth-order valence-electron chi connectivity index (χ4n) is 4.10. The Hall–Kier alpha value is -2.13. The number of amides is 1. The lowest BCUT2D eigenvalue weighted by molar-refractivity contribution is -0.313. The van der Waals surface area contributed by atoms with Crippen LogP contribution in [0.3, 0.4) is 0 Å². The number of hydrogen-bond donors (Lipinski definition) is 1. The second-order valence-corrected chi connectivity index (χ2v) is 9.69. The number of carbonyl (C=O) groups excluding carboxylic acids is 2. The number of nitriles is 1. The van der Waals surface area contributed by atoms with E-state index in [0.717, 1.165) is 24.8 Å². The van der Waals surface area contributed by atoms with Crippen molar-refractivity contribution in [2.75, 3.05) is 5.32 Å². The maximum Gasteiger partial charge on any atom is 0.229 e. The first-order valence-electron chi connectivity index (χ1n) is 9.43. The summed E-state index contributed by atoms with van der Waals surface area (Å²) in [7, 11) is 0. The fourth-order valence-corrected chi connectivity index (χ4v) is 5.38. The number of nitrogens with one attached hydrogen (secondary N) is 1. The Morgan fingerprint density at radius 1 is 1.26 bits per heavy atom. The molecule has 1 N–H and O–H groups in total. The third kappa shape index (κ3) is 3.93. The lowest BCUT2D eigenvalue weighted by atomic mass is 9.72. The predicted molar refractivity (Wildman–Crippen MR) is 103 cm³/mol. The standard InChI is InChI=1S/C21H26N2O3S/c1-21(2,3)12-8-9-13-16(11-22)19(27-17(13)10-12)23-18(24)14-6-4-5-7-15(14)20(25)26/h4-5,12,14-15H,6-10H2,1-3H3,(H,23,24)(H,25,26)/p-1/t12-,14-,15-/m0/s1. The molecule has 0 bridgehead atoms. The molecule has 3 rings (SSSR count). The summed E-state index contributed by atoms with van der Waals surface area (Å²) >= 11 is 1.47. The monoisotopic (exact) mass is 385 g/mol. The highest BCUT2D eigenvalue weighted by atomic mass is 32.1. The highest BCUT2D eigenvalue weighted by Gasteiger charge is 2.34. The highest BCUT2D eigenvalue weighted by molar-refractivity contribution is 7.16. The van der Waals surface area contributed by atoms with Crippen LogP contribution in [0, 0.1) is 34.5 Å². The summed E-state index contributed by atoms with van der Waals surface area (Å²) in [5.74, 6) is -2.47. The lowest BCUT2D eigenvalue weighted by Crippen LogP contribution is -2.41. The van der Waals surface area contributed by atoms with Crippen LogP contribution in [0.2, 0.25) is 0 Å². The number of rotatable bonds is 3. The molecule has 27 heavy (non-hydrogen) atoms. The smallest absolute Gasteiger partial charge is 0.229 e. The highest BCUT2D eigenvalue weighted by Crippen LogP contribution is 2.44. The van der Waals surface area contributed by atoms with Gasteiger partial charge in [0.05, 0.1) is 11.5 Å². The molecule has 0 fully saturated rings. The van der Waals surface area contributed by atoms with Gasteiger partial charge >= 0.3 is 0 Å². The van der Waals surface area contributed by atoms with Crippen molar-refractivity contribution in [3.05, 3.63) is 28.2 Å². The van der Waals surface area contributed by atoms with Gasteiger partial charge in [-0.05, 0) is 49.0 Å². The number of thiophene rings is 1. The van der Waals surface area contributed by atoms with Crippen LogP contribution in [0.1, 0.15) is 56.0 Å². The minimum absolute atomic E-state index is 0.202. The van der Waals surface area contributed by atoms with Crippen LogP contribution in [0.5, 0.6) is 0 Å². The largest absolute Gasteiger partial charge is 0.550 e. The van der Waals surface area contributed by atoms with Crippen molar-refractivity contribution in [1.82, 2.24) is 0 Å². The molecule has 2 aliphatic carbocycles. The minimum atomic E-state index is -1.20. The van der Waals surface area contributed by atoms with E-state index in [1.54, 1.807) is 6.08 Å². The molecule has 0 aliphatic heterocycles. The third-order valence-electron chi connectivity index (χ3n) is 5.91. The molecule has 1 aromatic rings. The van der Waals surface area contributed by atoms with Gasteiger partial charge in [0.15, 0.2) is 0 Å². The quantitative estimate of drug-likeness (QED) is 0.809. The number of aliphatic carboxylic acids is 1.